The number of esters is 1. The number of aryl methyl sites for hydroxylation is 1. The molecule has 1 unspecified atom stereocenters. The Kier molecular flexibility index (Phi) is 5.62. The van der Waals surface area contributed by atoms with Crippen molar-refractivity contribution in [2.75, 3.05) is 13.7 Å². The van der Waals surface area contributed by atoms with E-state index >= 15 is 0 Å². The molecular weight excluding hydrogens is 321 g/mol. The fourth-order valence-corrected chi connectivity index (χ4v) is 2.13. The molecule has 4 nitrogen and oxygen atoms in total. The molecule has 0 aromatic heterocycles. The molecule has 98 valence electrons. The molecule has 1 atom stereocenters. The zero-order valence-corrected chi connectivity index (χ0v) is 12.3. The van der Waals surface area contributed by atoms with Crippen LogP contribution in [0.4, 0.5) is 0 Å². The highest BCUT2D eigenvalue weighted by Crippen LogP contribution is 2.18. The van der Waals surface area contributed by atoms with Crippen molar-refractivity contribution in [2.24, 2.45) is 0 Å². The summed E-state index contributed by atoms with van der Waals surface area (Å²) in [5.74, 6) is -0.864. The number of rotatable bonds is 4. The number of benzene rings is 1. The third-order valence-corrected chi connectivity index (χ3v) is 3.26. The number of amides is 1. The first-order valence-corrected chi connectivity index (χ1v) is 6.45. The average Bonchev–Trinajstić information content (AvgIpc) is 2.34. The molecule has 1 aromatic rings. The number of nitrogens with one attached hydrogen (secondary N) is 1. The minimum absolute atomic E-state index is 0.0212. The van der Waals surface area contributed by atoms with Gasteiger partial charge in [-0.25, -0.2) is 0 Å². The van der Waals surface area contributed by atoms with Crippen molar-refractivity contribution in [1.29, 1.82) is 0 Å². The smallest absolute Gasteiger partial charge is 0.325 e. The third kappa shape index (κ3) is 3.99. The van der Waals surface area contributed by atoms with Gasteiger partial charge in [0, 0.05) is 11.0 Å². The van der Waals surface area contributed by atoms with Crippen LogP contribution in [0.5, 0.6) is 0 Å². The summed E-state index contributed by atoms with van der Waals surface area (Å²) in [5, 5.41) is 1.69. The number of methoxy groups -OCH3 is 1. The molecule has 0 aliphatic carbocycles. The Morgan fingerprint density at radius 2 is 2.17 bits per heavy atom. The van der Waals surface area contributed by atoms with Gasteiger partial charge in [-0.05, 0) is 40.5 Å². The Bertz CT molecular complexity index is 465. The van der Waals surface area contributed by atoms with Gasteiger partial charge >= 0.3 is 5.97 Å². The molecule has 1 rings (SSSR count). The molecular formula is C12H13BrClNO3. The second kappa shape index (κ2) is 6.75. The van der Waals surface area contributed by atoms with E-state index in [1.807, 2.05) is 19.1 Å². The lowest BCUT2D eigenvalue weighted by Crippen LogP contribution is -2.34. The van der Waals surface area contributed by atoms with Crippen molar-refractivity contribution in [3.63, 3.8) is 0 Å². The van der Waals surface area contributed by atoms with Crippen molar-refractivity contribution in [3.8, 4) is 0 Å². The number of hydrogen-bond acceptors (Lipinski definition) is 3. The van der Waals surface area contributed by atoms with Gasteiger partial charge in [-0.1, -0.05) is 6.07 Å². The number of carbonyl (C=O) groups excluding carboxylic acids is 2. The zero-order chi connectivity index (χ0) is 13.7. The lowest BCUT2D eigenvalue weighted by Gasteiger charge is -2.10. The van der Waals surface area contributed by atoms with Crippen LogP contribution in [0.1, 0.15) is 15.9 Å². The van der Waals surface area contributed by atoms with Gasteiger partial charge < -0.3 is 10.1 Å². The van der Waals surface area contributed by atoms with Crippen molar-refractivity contribution >= 4 is 39.4 Å². The second-order valence-electron chi connectivity index (χ2n) is 3.68. The highest BCUT2D eigenvalue weighted by Gasteiger charge is 2.17. The van der Waals surface area contributed by atoms with E-state index in [4.69, 9.17) is 11.6 Å². The maximum Gasteiger partial charge on any atom is 0.325 e. The monoisotopic (exact) mass is 333 g/mol. The second-order valence-corrected chi connectivity index (χ2v) is 5.07. The van der Waals surface area contributed by atoms with Crippen LogP contribution in [0.2, 0.25) is 0 Å². The Morgan fingerprint density at radius 1 is 1.50 bits per heavy atom. The largest absolute Gasteiger partial charge is 0.468 e. The Balaban J connectivity index is 2.63. The van der Waals surface area contributed by atoms with E-state index < -0.39 is 11.3 Å². The number of ether oxygens (including phenoxy) is 1. The first kappa shape index (κ1) is 15.0. The van der Waals surface area contributed by atoms with E-state index in [0.717, 1.165) is 5.56 Å². The fourth-order valence-electron chi connectivity index (χ4n) is 1.29. The molecule has 1 aromatic carbocycles. The molecule has 0 aliphatic rings. The Morgan fingerprint density at radius 3 is 2.72 bits per heavy atom. The number of carbonyl (C=O) groups is 2. The van der Waals surface area contributed by atoms with Crippen molar-refractivity contribution in [3.05, 3.63) is 33.8 Å². The van der Waals surface area contributed by atoms with Gasteiger partial charge in [0.2, 0.25) is 0 Å². The molecule has 0 aliphatic heterocycles. The maximum absolute atomic E-state index is 11.8. The molecule has 0 bridgehead atoms. The molecule has 0 radical (unpaired) electrons. The van der Waals surface area contributed by atoms with Crippen molar-refractivity contribution in [1.82, 2.24) is 5.32 Å². The van der Waals surface area contributed by atoms with Crippen LogP contribution >= 0.6 is 27.5 Å². The topological polar surface area (TPSA) is 55.4 Å². The summed E-state index contributed by atoms with van der Waals surface area (Å²) in [6, 6.07) is 5.38. The van der Waals surface area contributed by atoms with E-state index in [2.05, 4.69) is 26.0 Å². The molecule has 0 fully saturated rings. The maximum atomic E-state index is 11.8. The Labute approximate surface area is 119 Å². The normalized spacial score (nSPS) is 11.8. The standard InChI is InChI=1S/C12H13BrClNO3/c1-7-3-4-8(9(13)5-7)11(16)15-6-10(14)12(17)18-2/h3-5,10H,6H2,1-2H3,(H,15,16). The predicted molar refractivity (Wildman–Crippen MR) is 72.9 cm³/mol. The summed E-state index contributed by atoms with van der Waals surface area (Å²) in [6.45, 7) is 1.95. The van der Waals surface area contributed by atoms with Gasteiger partial charge in [0.15, 0.2) is 0 Å². The summed E-state index contributed by atoms with van der Waals surface area (Å²) in [5.41, 5.74) is 1.54. The van der Waals surface area contributed by atoms with Gasteiger partial charge in [-0.3, -0.25) is 9.59 Å². The summed E-state index contributed by atoms with van der Waals surface area (Å²) < 4.78 is 5.16. The number of alkyl halides is 1. The summed E-state index contributed by atoms with van der Waals surface area (Å²) in [4.78, 5) is 22.9. The van der Waals surface area contributed by atoms with E-state index in [0.29, 0.717) is 10.0 Å². The van der Waals surface area contributed by atoms with Crippen LogP contribution in [0, 0.1) is 6.92 Å². The van der Waals surface area contributed by atoms with E-state index in [-0.39, 0.29) is 12.5 Å². The highest BCUT2D eigenvalue weighted by molar-refractivity contribution is 9.10. The minimum atomic E-state index is -0.886. The molecule has 6 heteroatoms. The number of halogens is 2. The van der Waals surface area contributed by atoms with Gasteiger partial charge in [0.1, 0.15) is 5.38 Å². The van der Waals surface area contributed by atoms with Gasteiger partial charge in [0.25, 0.3) is 5.91 Å². The molecule has 18 heavy (non-hydrogen) atoms. The van der Waals surface area contributed by atoms with Crippen LogP contribution in [0.15, 0.2) is 22.7 Å². The minimum Gasteiger partial charge on any atom is -0.468 e. The summed E-state index contributed by atoms with van der Waals surface area (Å²) in [7, 11) is 1.25. The van der Waals surface area contributed by atoms with Crippen LogP contribution in [0.25, 0.3) is 0 Å². The van der Waals surface area contributed by atoms with Crippen molar-refractivity contribution in [2.45, 2.75) is 12.3 Å². The number of hydrogen-bond donors (Lipinski definition) is 1. The molecule has 0 heterocycles. The molecule has 1 amide bonds. The lowest BCUT2D eigenvalue weighted by molar-refractivity contribution is -0.140. The van der Waals surface area contributed by atoms with Crippen molar-refractivity contribution < 1.29 is 14.3 Å². The quantitative estimate of drug-likeness (QED) is 0.679. The molecule has 0 spiro atoms. The Hall–Kier alpha value is -1.07. The first-order valence-electron chi connectivity index (χ1n) is 5.22. The van der Waals surface area contributed by atoms with Gasteiger partial charge in [-0.2, -0.15) is 0 Å². The summed E-state index contributed by atoms with van der Waals surface area (Å²) in [6.07, 6.45) is 0. The zero-order valence-electron chi connectivity index (χ0n) is 10.00. The van der Waals surface area contributed by atoms with Gasteiger partial charge in [-0.15, -0.1) is 11.6 Å². The fraction of sp³-hybridized carbons (Fsp3) is 0.333. The molecule has 0 saturated carbocycles. The van der Waals surface area contributed by atoms with Crippen LogP contribution < -0.4 is 5.32 Å². The molecule has 0 saturated heterocycles. The lowest BCUT2D eigenvalue weighted by atomic mass is 10.1. The molecule has 1 N–H and O–H groups in total. The predicted octanol–water partition coefficient (Wildman–Crippen LogP) is 2.27. The summed E-state index contributed by atoms with van der Waals surface area (Å²) >= 11 is 9.04. The van der Waals surface area contributed by atoms with Crippen LogP contribution in [0.3, 0.4) is 0 Å². The van der Waals surface area contributed by atoms with E-state index in [1.54, 1.807) is 6.07 Å². The highest BCUT2D eigenvalue weighted by atomic mass is 79.9. The SMILES string of the molecule is COC(=O)C(Cl)CNC(=O)c1ccc(C)cc1Br. The van der Waals surface area contributed by atoms with E-state index in [1.165, 1.54) is 7.11 Å². The van der Waals surface area contributed by atoms with Gasteiger partial charge in [0.05, 0.1) is 12.7 Å². The van der Waals surface area contributed by atoms with Crippen LogP contribution in [-0.4, -0.2) is 30.9 Å². The average molecular weight is 335 g/mol. The third-order valence-electron chi connectivity index (χ3n) is 2.27. The van der Waals surface area contributed by atoms with Crippen LogP contribution in [-0.2, 0) is 9.53 Å². The van der Waals surface area contributed by atoms with E-state index in [9.17, 15) is 9.59 Å². The first-order chi connectivity index (χ1) is 8.45.